The number of anilines is 2. The van der Waals surface area contributed by atoms with Crippen LogP contribution in [-0.2, 0) is 10.3 Å². The fourth-order valence-electron chi connectivity index (χ4n) is 4.66. The topological polar surface area (TPSA) is 80.8 Å². The first-order valence-electron chi connectivity index (χ1n) is 12.5. The molecule has 5 rings (SSSR count). The van der Waals surface area contributed by atoms with Crippen molar-refractivity contribution >= 4 is 45.5 Å². The van der Waals surface area contributed by atoms with E-state index in [0.29, 0.717) is 35.7 Å². The van der Waals surface area contributed by atoms with Gasteiger partial charge in [0.1, 0.15) is 9.52 Å². The average molecular weight is 631 g/mol. The number of imidazole rings is 1. The van der Waals surface area contributed by atoms with Crippen LogP contribution in [0.15, 0.2) is 30.6 Å². The number of benzene rings is 1. The van der Waals surface area contributed by atoms with Gasteiger partial charge in [-0.15, -0.1) is 0 Å². The largest absolute Gasteiger partial charge is 0.378 e. The molecule has 1 saturated heterocycles. The summed E-state index contributed by atoms with van der Waals surface area (Å²) in [5, 5.41) is 9.25. The molecule has 1 aromatic carbocycles. The highest BCUT2D eigenvalue weighted by Gasteiger charge is 2.27. The Kier molecular flexibility index (Phi) is 6.93. The van der Waals surface area contributed by atoms with Gasteiger partial charge in [-0.2, -0.15) is 10.2 Å². The van der Waals surface area contributed by atoms with Gasteiger partial charge >= 0.3 is 0 Å². The third kappa shape index (κ3) is 4.77. The first kappa shape index (κ1) is 26.5. The predicted octanol–water partition coefficient (Wildman–Crippen LogP) is 4.82. The average Bonchev–Trinajstić information content (AvgIpc) is 3.44. The molecule has 1 aliphatic heterocycles. The van der Waals surface area contributed by atoms with Crippen molar-refractivity contribution in [1.29, 1.82) is 0 Å². The van der Waals surface area contributed by atoms with Gasteiger partial charge in [0, 0.05) is 25.7 Å². The third-order valence-electron chi connectivity index (χ3n) is 6.69. The molecule has 1 amide bonds. The number of aromatic nitrogens is 5. The minimum absolute atomic E-state index is 0.0240. The van der Waals surface area contributed by atoms with Gasteiger partial charge in [-0.1, -0.05) is 0 Å². The van der Waals surface area contributed by atoms with Crippen LogP contribution in [0, 0.1) is 23.4 Å². The van der Waals surface area contributed by atoms with Crippen LogP contribution < -0.4 is 9.80 Å². The van der Waals surface area contributed by atoms with Crippen LogP contribution in [-0.4, -0.2) is 63.6 Å². The monoisotopic (exact) mass is 631 g/mol. The standard InChI is InChI=1S/C27H31FIN7O2/c1-16-11-20(28)19(26(37)33(6)23-14-30-36(24(23)29)27(3,4)5)12-18(16)21-13-22(34-7-9-38-10-8-34)25-31-17(2)15-35(25)32-21/h11-15H,7-10H2,1-6H3. The number of nitrogens with zero attached hydrogens (tertiary/aromatic N) is 7. The molecule has 0 atom stereocenters. The Balaban J connectivity index is 1.58. The van der Waals surface area contributed by atoms with Crippen LogP contribution in [0.4, 0.5) is 15.8 Å². The van der Waals surface area contributed by atoms with E-state index in [9.17, 15) is 4.79 Å². The predicted molar refractivity (Wildman–Crippen MR) is 154 cm³/mol. The van der Waals surface area contributed by atoms with Crippen LogP contribution in [0.5, 0.6) is 0 Å². The summed E-state index contributed by atoms with van der Waals surface area (Å²) in [6, 6.07) is 4.98. The van der Waals surface area contributed by atoms with E-state index in [2.05, 4.69) is 37.6 Å². The zero-order chi connectivity index (χ0) is 27.4. The van der Waals surface area contributed by atoms with Crippen LogP contribution in [0.1, 0.15) is 42.4 Å². The summed E-state index contributed by atoms with van der Waals surface area (Å²) in [6.45, 7) is 12.6. The van der Waals surface area contributed by atoms with Crippen LogP contribution >= 0.6 is 22.6 Å². The Morgan fingerprint density at radius 1 is 1.16 bits per heavy atom. The molecule has 4 heterocycles. The summed E-state index contributed by atoms with van der Waals surface area (Å²) in [5.41, 5.74) is 4.90. The molecule has 1 fully saturated rings. The van der Waals surface area contributed by atoms with Gasteiger partial charge in [0.25, 0.3) is 5.91 Å². The van der Waals surface area contributed by atoms with Gasteiger partial charge in [0.15, 0.2) is 5.65 Å². The fraction of sp³-hybridized carbons (Fsp3) is 0.407. The Labute approximate surface area is 234 Å². The number of fused-ring (bicyclic) bond motifs is 1. The molecule has 1 aliphatic rings. The normalized spacial score (nSPS) is 14.4. The zero-order valence-corrected chi connectivity index (χ0v) is 24.6. The molecule has 0 radical (unpaired) electrons. The van der Waals surface area contributed by atoms with Crippen molar-refractivity contribution in [1.82, 2.24) is 24.4 Å². The van der Waals surface area contributed by atoms with Gasteiger partial charge in [-0.25, -0.2) is 13.9 Å². The van der Waals surface area contributed by atoms with Crippen molar-refractivity contribution < 1.29 is 13.9 Å². The molecular weight excluding hydrogens is 600 g/mol. The Hall–Kier alpha value is -3.06. The Morgan fingerprint density at radius 2 is 1.87 bits per heavy atom. The number of hydrogen-bond acceptors (Lipinski definition) is 6. The summed E-state index contributed by atoms with van der Waals surface area (Å²) in [4.78, 5) is 21.9. The lowest BCUT2D eigenvalue weighted by Gasteiger charge is -2.29. The summed E-state index contributed by atoms with van der Waals surface area (Å²) >= 11 is 2.17. The highest BCUT2D eigenvalue weighted by Crippen LogP contribution is 2.32. The van der Waals surface area contributed by atoms with Crippen molar-refractivity contribution in [3.8, 4) is 11.3 Å². The summed E-state index contributed by atoms with van der Waals surface area (Å²) < 4.78 is 25.2. The smallest absolute Gasteiger partial charge is 0.261 e. The minimum atomic E-state index is -0.575. The van der Waals surface area contributed by atoms with E-state index in [-0.39, 0.29) is 11.1 Å². The molecule has 11 heteroatoms. The SMILES string of the molecule is Cc1cn2nc(-c3cc(C(=O)N(C)c4cnn(C(C)(C)C)c4I)c(F)cc3C)cc(N3CCOCC3)c2n1. The molecule has 3 aromatic heterocycles. The summed E-state index contributed by atoms with van der Waals surface area (Å²) in [7, 11) is 1.64. The number of rotatable bonds is 4. The quantitative estimate of drug-likeness (QED) is 0.301. The van der Waals surface area contributed by atoms with Gasteiger partial charge in [0.2, 0.25) is 0 Å². The van der Waals surface area contributed by atoms with Gasteiger partial charge in [-0.05, 0) is 81.0 Å². The zero-order valence-electron chi connectivity index (χ0n) is 22.4. The fourth-order valence-corrected chi connectivity index (χ4v) is 6.01. The van der Waals surface area contributed by atoms with E-state index in [1.165, 1.54) is 11.0 Å². The second-order valence-corrected chi connectivity index (χ2v) is 11.6. The molecule has 200 valence electrons. The van der Waals surface area contributed by atoms with E-state index in [1.807, 2.05) is 51.6 Å². The number of morpholine rings is 1. The van der Waals surface area contributed by atoms with Crippen molar-refractivity contribution in [2.45, 2.75) is 40.2 Å². The second-order valence-electron chi connectivity index (χ2n) is 10.6. The van der Waals surface area contributed by atoms with E-state index in [1.54, 1.807) is 23.8 Å². The Bertz CT molecular complexity index is 1530. The molecule has 4 aromatic rings. The van der Waals surface area contributed by atoms with E-state index < -0.39 is 11.7 Å². The summed E-state index contributed by atoms with van der Waals surface area (Å²) in [5.74, 6) is -1.03. The highest BCUT2D eigenvalue weighted by molar-refractivity contribution is 14.1. The molecule has 0 spiro atoms. The molecule has 0 saturated carbocycles. The molecule has 0 unspecified atom stereocenters. The van der Waals surface area contributed by atoms with Crippen molar-refractivity contribution in [2.24, 2.45) is 0 Å². The second kappa shape index (κ2) is 9.92. The van der Waals surface area contributed by atoms with Gasteiger partial charge in [0.05, 0.1) is 59.5 Å². The molecule has 0 N–H and O–H groups in total. The van der Waals surface area contributed by atoms with Crippen molar-refractivity contribution in [3.63, 3.8) is 0 Å². The van der Waals surface area contributed by atoms with Crippen LogP contribution in [0.25, 0.3) is 16.9 Å². The molecule has 0 aliphatic carbocycles. The van der Waals surface area contributed by atoms with Gasteiger partial charge in [-0.3, -0.25) is 9.48 Å². The lowest BCUT2D eigenvalue weighted by Crippen LogP contribution is -2.36. The Morgan fingerprint density at radius 3 is 2.53 bits per heavy atom. The molecule has 38 heavy (non-hydrogen) atoms. The molecule has 9 nitrogen and oxygen atoms in total. The maximum atomic E-state index is 15.3. The van der Waals surface area contributed by atoms with E-state index in [0.717, 1.165) is 33.8 Å². The van der Waals surface area contributed by atoms with Crippen LogP contribution in [0.2, 0.25) is 0 Å². The van der Waals surface area contributed by atoms with E-state index >= 15 is 4.39 Å². The van der Waals surface area contributed by atoms with Crippen molar-refractivity contribution in [3.05, 3.63) is 56.9 Å². The number of ether oxygens (including phenoxy) is 1. The maximum absolute atomic E-state index is 15.3. The number of amides is 1. The lowest BCUT2D eigenvalue weighted by molar-refractivity contribution is 0.0989. The van der Waals surface area contributed by atoms with Crippen molar-refractivity contribution in [2.75, 3.05) is 43.2 Å². The maximum Gasteiger partial charge on any atom is 0.261 e. The van der Waals surface area contributed by atoms with Crippen LogP contribution in [0.3, 0.4) is 0 Å². The lowest BCUT2D eigenvalue weighted by atomic mass is 10.00. The minimum Gasteiger partial charge on any atom is -0.378 e. The number of carbonyl (C=O) groups excluding carboxylic acids is 1. The first-order chi connectivity index (χ1) is 18.0. The van der Waals surface area contributed by atoms with Gasteiger partial charge < -0.3 is 14.5 Å². The highest BCUT2D eigenvalue weighted by atomic mass is 127. The third-order valence-corrected chi connectivity index (χ3v) is 7.70. The first-order valence-corrected chi connectivity index (χ1v) is 13.6. The number of hydrogen-bond donors (Lipinski definition) is 0. The summed E-state index contributed by atoms with van der Waals surface area (Å²) in [6.07, 6.45) is 3.51. The number of aryl methyl sites for hydroxylation is 2. The number of halogens is 2. The number of carbonyl (C=O) groups is 1. The molecular formula is C27H31FIN7O2. The molecule has 0 bridgehead atoms. The van der Waals surface area contributed by atoms with E-state index in [4.69, 9.17) is 9.84 Å².